The van der Waals surface area contributed by atoms with E-state index in [1.54, 1.807) is 12.1 Å². The summed E-state index contributed by atoms with van der Waals surface area (Å²) >= 11 is 6.04. The van der Waals surface area contributed by atoms with Crippen LogP contribution >= 0.6 is 11.6 Å². The van der Waals surface area contributed by atoms with E-state index in [2.05, 4.69) is 10.3 Å². The van der Waals surface area contributed by atoms with Crippen LogP contribution in [0.2, 0.25) is 5.02 Å². The van der Waals surface area contributed by atoms with Gasteiger partial charge in [-0.05, 0) is 18.2 Å². The summed E-state index contributed by atoms with van der Waals surface area (Å²) in [6.07, 6.45) is 1.19. The summed E-state index contributed by atoms with van der Waals surface area (Å²) in [5.41, 5.74) is 7.22. The molecule has 0 fully saturated rings. The fourth-order valence-corrected chi connectivity index (χ4v) is 4.21. The summed E-state index contributed by atoms with van der Waals surface area (Å²) in [5.74, 6) is 0.835. The van der Waals surface area contributed by atoms with Crippen molar-refractivity contribution in [3.8, 4) is 0 Å². The number of amidine groups is 1. The molecular formula is C14H17ClN4O2S. The molecule has 0 saturated heterocycles. The van der Waals surface area contributed by atoms with Gasteiger partial charge in [-0.2, -0.15) is 0 Å². The number of sulfone groups is 1. The molecule has 3 rings (SSSR count). The van der Waals surface area contributed by atoms with E-state index in [1.165, 1.54) is 6.26 Å². The van der Waals surface area contributed by atoms with Crippen LogP contribution in [0.3, 0.4) is 0 Å². The van der Waals surface area contributed by atoms with Gasteiger partial charge in [0, 0.05) is 29.8 Å². The van der Waals surface area contributed by atoms with E-state index in [4.69, 9.17) is 17.3 Å². The molecule has 1 aromatic heterocycles. The van der Waals surface area contributed by atoms with Crippen LogP contribution in [-0.4, -0.2) is 38.2 Å². The second-order valence-corrected chi connectivity index (χ2v) is 7.64. The number of aromatic nitrogens is 1. The van der Waals surface area contributed by atoms with Crippen molar-refractivity contribution in [3.05, 3.63) is 28.9 Å². The van der Waals surface area contributed by atoms with Crippen molar-refractivity contribution in [1.82, 2.24) is 9.88 Å². The average Bonchev–Trinajstić information content (AvgIpc) is 3.04. The summed E-state index contributed by atoms with van der Waals surface area (Å²) < 4.78 is 26.4. The topological polar surface area (TPSA) is 89.5 Å². The fourth-order valence-electron chi connectivity index (χ4n) is 2.85. The lowest BCUT2D eigenvalue weighted by Gasteiger charge is -2.10. The van der Waals surface area contributed by atoms with E-state index in [1.807, 2.05) is 10.6 Å². The number of halogens is 1. The van der Waals surface area contributed by atoms with Crippen molar-refractivity contribution >= 4 is 38.2 Å². The Labute approximate surface area is 133 Å². The third-order valence-corrected chi connectivity index (χ3v) is 5.13. The number of hydrogen-bond donors (Lipinski definition) is 2. The van der Waals surface area contributed by atoms with E-state index in [-0.39, 0.29) is 11.4 Å². The monoisotopic (exact) mass is 340 g/mol. The van der Waals surface area contributed by atoms with Gasteiger partial charge in [0.25, 0.3) is 0 Å². The van der Waals surface area contributed by atoms with Crippen LogP contribution < -0.4 is 11.1 Å². The minimum absolute atomic E-state index is 0.127. The average molecular weight is 341 g/mol. The molecule has 0 radical (unpaired) electrons. The SMILES string of the molecule is CS(=O)(=O)c1c(CN)n(CC2=NCCN2)c2ccc(Cl)cc12. The summed E-state index contributed by atoms with van der Waals surface area (Å²) in [5, 5.41) is 4.29. The Hall–Kier alpha value is -1.57. The van der Waals surface area contributed by atoms with Crippen molar-refractivity contribution in [2.24, 2.45) is 10.7 Å². The van der Waals surface area contributed by atoms with Crippen LogP contribution in [0.25, 0.3) is 10.9 Å². The van der Waals surface area contributed by atoms with Gasteiger partial charge >= 0.3 is 0 Å². The van der Waals surface area contributed by atoms with Crippen LogP contribution in [0.15, 0.2) is 28.1 Å². The van der Waals surface area contributed by atoms with Crippen molar-refractivity contribution in [2.45, 2.75) is 18.0 Å². The summed E-state index contributed by atoms with van der Waals surface area (Å²) in [7, 11) is -3.42. The van der Waals surface area contributed by atoms with Gasteiger partial charge < -0.3 is 15.6 Å². The molecule has 3 N–H and O–H groups in total. The Kier molecular flexibility index (Phi) is 3.88. The van der Waals surface area contributed by atoms with E-state index in [9.17, 15) is 8.42 Å². The number of hydrogen-bond acceptors (Lipinski definition) is 5. The first-order valence-electron chi connectivity index (χ1n) is 6.89. The Balaban J connectivity index is 2.30. The van der Waals surface area contributed by atoms with Gasteiger partial charge in [-0.15, -0.1) is 0 Å². The van der Waals surface area contributed by atoms with Crippen molar-refractivity contribution < 1.29 is 8.42 Å². The van der Waals surface area contributed by atoms with E-state index < -0.39 is 9.84 Å². The number of nitrogens with zero attached hydrogens (tertiary/aromatic N) is 2. The Morgan fingerprint density at radius 3 is 2.82 bits per heavy atom. The lowest BCUT2D eigenvalue weighted by molar-refractivity contribution is 0.600. The third-order valence-electron chi connectivity index (χ3n) is 3.70. The van der Waals surface area contributed by atoms with Gasteiger partial charge in [-0.1, -0.05) is 11.6 Å². The fraction of sp³-hybridized carbons (Fsp3) is 0.357. The molecule has 1 aromatic carbocycles. The standard InChI is InChI=1S/C14H17ClN4O2S/c1-22(20,21)14-10-6-9(15)2-3-11(10)19(12(14)7-16)8-13-17-4-5-18-13/h2-3,6H,4-5,7-8,16H2,1H3,(H,17,18). The quantitative estimate of drug-likeness (QED) is 0.874. The van der Waals surface area contributed by atoms with Gasteiger partial charge in [0.2, 0.25) is 0 Å². The molecule has 6 nitrogen and oxygen atoms in total. The first-order valence-corrected chi connectivity index (χ1v) is 9.16. The zero-order valence-electron chi connectivity index (χ0n) is 12.1. The van der Waals surface area contributed by atoms with Gasteiger partial charge in [0.1, 0.15) is 5.84 Å². The van der Waals surface area contributed by atoms with E-state index >= 15 is 0 Å². The maximum Gasteiger partial charge on any atom is 0.177 e. The molecule has 2 aromatic rings. The highest BCUT2D eigenvalue weighted by molar-refractivity contribution is 7.91. The molecule has 0 aliphatic carbocycles. The number of rotatable bonds is 4. The lowest BCUT2D eigenvalue weighted by atomic mass is 10.2. The number of benzene rings is 1. The summed E-state index contributed by atoms with van der Waals surface area (Å²) in [6, 6.07) is 5.24. The minimum atomic E-state index is -3.42. The van der Waals surface area contributed by atoms with Crippen molar-refractivity contribution in [2.75, 3.05) is 19.3 Å². The molecule has 2 heterocycles. The van der Waals surface area contributed by atoms with E-state index in [0.717, 1.165) is 24.4 Å². The molecular weight excluding hydrogens is 324 g/mol. The molecule has 0 bridgehead atoms. The summed E-state index contributed by atoms with van der Waals surface area (Å²) in [4.78, 5) is 4.63. The molecule has 0 amide bonds. The minimum Gasteiger partial charge on any atom is -0.370 e. The molecule has 0 atom stereocenters. The molecule has 22 heavy (non-hydrogen) atoms. The second kappa shape index (κ2) is 5.57. The predicted molar refractivity (Wildman–Crippen MR) is 88.3 cm³/mol. The third kappa shape index (κ3) is 2.60. The van der Waals surface area contributed by atoms with Crippen LogP contribution in [0.4, 0.5) is 0 Å². The molecule has 0 spiro atoms. The number of nitrogens with one attached hydrogen (secondary N) is 1. The Bertz CT molecular complexity index is 871. The first kappa shape index (κ1) is 15.3. The summed E-state index contributed by atoms with van der Waals surface area (Å²) in [6.45, 7) is 2.14. The van der Waals surface area contributed by atoms with Crippen LogP contribution in [-0.2, 0) is 22.9 Å². The Morgan fingerprint density at radius 2 is 2.23 bits per heavy atom. The zero-order valence-corrected chi connectivity index (χ0v) is 13.7. The molecule has 1 aliphatic heterocycles. The van der Waals surface area contributed by atoms with Crippen LogP contribution in [0.5, 0.6) is 0 Å². The highest BCUT2D eigenvalue weighted by atomic mass is 35.5. The Morgan fingerprint density at radius 1 is 1.45 bits per heavy atom. The van der Waals surface area contributed by atoms with Crippen molar-refractivity contribution in [3.63, 3.8) is 0 Å². The first-order chi connectivity index (χ1) is 10.4. The predicted octanol–water partition coefficient (Wildman–Crippen LogP) is 1.16. The maximum atomic E-state index is 12.2. The zero-order chi connectivity index (χ0) is 15.9. The highest BCUT2D eigenvalue weighted by Crippen LogP contribution is 2.32. The van der Waals surface area contributed by atoms with Crippen molar-refractivity contribution in [1.29, 1.82) is 0 Å². The number of aliphatic imine (C=N–C) groups is 1. The molecule has 8 heteroatoms. The maximum absolute atomic E-state index is 12.2. The molecule has 0 saturated carbocycles. The van der Waals surface area contributed by atoms with Crippen LogP contribution in [0.1, 0.15) is 5.69 Å². The molecule has 0 unspecified atom stereocenters. The van der Waals surface area contributed by atoms with Gasteiger partial charge in [0.05, 0.1) is 29.2 Å². The van der Waals surface area contributed by atoms with Gasteiger partial charge in [0.15, 0.2) is 9.84 Å². The highest BCUT2D eigenvalue weighted by Gasteiger charge is 2.24. The molecule has 1 aliphatic rings. The largest absolute Gasteiger partial charge is 0.370 e. The van der Waals surface area contributed by atoms with Gasteiger partial charge in [-0.25, -0.2) is 8.42 Å². The number of fused-ring (bicyclic) bond motifs is 1. The lowest BCUT2D eigenvalue weighted by Crippen LogP contribution is -2.25. The molecule has 118 valence electrons. The smallest absolute Gasteiger partial charge is 0.177 e. The van der Waals surface area contributed by atoms with Crippen LogP contribution in [0, 0.1) is 0 Å². The normalized spacial score (nSPS) is 15.1. The number of nitrogens with two attached hydrogens (primary N) is 1. The van der Waals surface area contributed by atoms with Gasteiger partial charge in [-0.3, -0.25) is 4.99 Å². The van der Waals surface area contributed by atoms with E-state index in [0.29, 0.717) is 22.6 Å². The second-order valence-electron chi connectivity index (χ2n) is 5.25.